The first-order valence-corrected chi connectivity index (χ1v) is 8.42. The molecule has 1 saturated heterocycles. The average molecular weight is 299 g/mol. The first kappa shape index (κ1) is 17.0. The van der Waals surface area contributed by atoms with E-state index in [9.17, 15) is 5.26 Å². The minimum Gasteiger partial charge on any atom is -0.317 e. The predicted molar refractivity (Wildman–Crippen MR) is 91.5 cm³/mol. The molecule has 0 unspecified atom stereocenters. The normalized spacial score (nSPS) is 16.7. The summed E-state index contributed by atoms with van der Waals surface area (Å²) in [5.41, 5.74) is 2.44. The van der Waals surface area contributed by atoms with Crippen molar-refractivity contribution in [2.75, 3.05) is 19.6 Å². The van der Waals surface area contributed by atoms with E-state index in [0.717, 1.165) is 32.6 Å². The Morgan fingerprint density at radius 1 is 1.23 bits per heavy atom. The van der Waals surface area contributed by atoms with Crippen LogP contribution in [0.2, 0.25) is 0 Å². The van der Waals surface area contributed by atoms with E-state index in [1.165, 1.54) is 24.0 Å². The van der Waals surface area contributed by atoms with E-state index >= 15 is 0 Å². The van der Waals surface area contributed by atoms with Gasteiger partial charge in [0.15, 0.2) is 0 Å². The Labute approximate surface area is 135 Å². The molecule has 1 heterocycles. The van der Waals surface area contributed by atoms with E-state index < -0.39 is 0 Å². The van der Waals surface area contributed by atoms with Gasteiger partial charge in [0, 0.05) is 19.1 Å². The van der Waals surface area contributed by atoms with Gasteiger partial charge in [-0.1, -0.05) is 29.8 Å². The first-order chi connectivity index (χ1) is 10.5. The van der Waals surface area contributed by atoms with Crippen molar-refractivity contribution in [3.63, 3.8) is 0 Å². The van der Waals surface area contributed by atoms with Gasteiger partial charge in [0.1, 0.15) is 0 Å². The molecule has 0 saturated carbocycles. The molecule has 3 nitrogen and oxygen atoms in total. The largest absolute Gasteiger partial charge is 0.317 e. The van der Waals surface area contributed by atoms with E-state index in [2.05, 4.69) is 47.5 Å². The van der Waals surface area contributed by atoms with Gasteiger partial charge in [0.05, 0.1) is 11.5 Å². The molecule has 1 fully saturated rings. The van der Waals surface area contributed by atoms with Crippen molar-refractivity contribution in [1.29, 1.82) is 5.26 Å². The average Bonchev–Trinajstić information content (AvgIpc) is 2.54. The molecule has 120 valence electrons. The van der Waals surface area contributed by atoms with Crippen molar-refractivity contribution in [3.8, 4) is 6.07 Å². The fourth-order valence-corrected chi connectivity index (χ4v) is 2.97. The minimum absolute atomic E-state index is 0.238. The number of hydrogen-bond acceptors (Lipinski definition) is 3. The number of nitriles is 1. The lowest BCUT2D eigenvalue weighted by atomic mass is 9.90. The van der Waals surface area contributed by atoms with Crippen LogP contribution in [0.4, 0.5) is 0 Å². The predicted octanol–water partition coefficient (Wildman–Crippen LogP) is 3.49. The van der Waals surface area contributed by atoms with Crippen LogP contribution in [-0.4, -0.2) is 30.6 Å². The van der Waals surface area contributed by atoms with E-state index in [0.29, 0.717) is 6.04 Å². The Bertz CT molecular complexity index is 492. The van der Waals surface area contributed by atoms with Crippen LogP contribution < -0.4 is 5.32 Å². The zero-order valence-electron chi connectivity index (χ0n) is 14.2. The summed E-state index contributed by atoms with van der Waals surface area (Å²) in [6, 6.07) is 11.9. The van der Waals surface area contributed by atoms with Gasteiger partial charge in [-0.05, 0) is 58.7 Å². The van der Waals surface area contributed by atoms with Crippen LogP contribution in [0, 0.1) is 23.7 Å². The van der Waals surface area contributed by atoms with Crippen molar-refractivity contribution in [2.45, 2.75) is 52.6 Å². The third kappa shape index (κ3) is 5.12. The molecule has 0 aliphatic carbocycles. The highest BCUT2D eigenvalue weighted by Crippen LogP contribution is 2.23. The summed E-state index contributed by atoms with van der Waals surface area (Å²) < 4.78 is 0. The van der Waals surface area contributed by atoms with Crippen molar-refractivity contribution < 1.29 is 0 Å². The molecular formula is C19H29N3. The molecule has 0 aromatic heterocycles. The van der Waals surface area contributed by atoms with E-state index in [1.807, 2.05) is 13.8 Å². The van der Waals surface area contributed by atoms with Crippen LogP contribution in [-0.2, 0) is 6.54 Å². The molecule has 1 aromatic rings. The summed E-state index contributed by atoms with van der Waals surface area (Å²) in [5.74, 6) is 0. The summed E-state index contributed by atoms with van der Waals surface area (Å²) >= 11 is 0. The lowest BCUT2D eigenvalue weighted by molar-refractivity contribution is 0.140. The second-order valence-corrected chi connectivity index (χ2v) is 7.18. The third-order valence-electron chi connectivity index (χ3n) is 4.66. The van der Waals surface area contributed by atoms with Gasteiger partial charge < -0.3 is 5.32 Å². The number of piperidine rings is 1. The molecule has 1 aliphatic heterocycles. The first-order valence-electron chi connectivity index (χ1n) is 8.42. The van der Waals surface area contributed by atoms with Crippen molar-refractivity contribution in [2.24, 2.45) is 5.41 Å². The second-order valence-electron chi connectivity index (χ2n) is 7.18. The molecule has 1 aromatic carbocycles. The maximum absolute atomic E-state index is 9.26. The lowest BCUT2D eigenvalue weighted by Gasteiger charge is -2.36. The molecule has 1 aliphatic rings. The van der Waals surface area contributed by atoms with Crippen LogP contribution in [0.1, 0.15) is 44.2 Å². The smallest absolute Gasteiger partial charge is 0.0684 e. The molecular weight excluding hydrogens is 270 g/mol. The van der Waals surface area contributed by atoms with Crippen LogP contribution in [0.5, 0.6) is 0 Å². The third-order valence-corrected chi connectivity index (χ3v) is 4.66. The van der Waals surface area contributed by atoms with Crippen LogP contribution in [0.25, 0.3) is 0 Å². The highest BCUT2D eigenvalue weighted by atomic mass is 15.2. The van der Waals surface area contributed by atoms with Crippen LogP contribution >= 0.6 is 0 Å². The fraction of sp³-hybridized carbons (Fsp3) is 0.632. The Balaban J connectivity index is 2.03. The summed E-state index contributed by atoms with van der Waals surface area (Å²) in [6.45, 7) is 10.4. The standard InChI is InChI=1S/C19H29N3/c1-16-4-6-17(7-5-16)14-22(13-10-19(2,3)15-20)18-8-11-21-12-9-18/h4-7,18,21H,8-14H2,1-3H3. The molecule has 0 spiro atoms. The summed E-state index contributed by atoms with van der Waals surface area (Å²) in [6.07, 6.45) is 3.34. The van der Waals surface area contributed by atoms with Gasteiger partial charge in [-0.15, -0.1) is 0 Å². The summed E-state index contributed by atoms with van der Waals surface area (Å²) in [4.78, 5) is 2.59. The van der Waals surface area contributed by atoms with Gasteiger partial charge in [-0.25, -0.2) is 0 Å². The van der Waals surface area contributed by atoms with Crippen molar-refractivity contribution >= 4 is 0 Å². The molecule has 22 heavy (non-hydrogen) atoms. The highest BCUT2D eigenvalue weighted by Gasteiger charge is 2.24. The van der Waals surface area contributed by atoms with Gasteiger partial charge in [-0.2, -0.15) is 5.26 Å². The van der Waals surface area contributed by atoms with Crippen molar-refractivity contribution in [3.05, 3.63) is 35.4 Å². The molecule has 2 rings (SSSR count). The number of hydrogen-bond donors (Lipinski definition) is 1. The quantitative estimate of drug-likeness (QED) is 0.874. The topological polar surface area (TPSA) is 39.1 Å². The fourth-order valence-electron chi connectivity index (χ4n) is 2.97. The maximum Gasteiger partial charge on any atom is 0.0684 e. The highest BCUT2D eigenvalue weighted by molar-refractivity contribution is 5.21. The summed E-state index contributed by atoms with van der Waals surface area (Å²) in [5, 5.41) is 12.7. The Kier molecular flexibility index (Phi) is 5.99. The van der Waals surface area contributed by atoms with E-state index in [4.69, 9.17) is 0 Å². The number of nitrogens with one attached hydrogen (secondary N) is 1. The molecule has 0 radical (unpaired) electrons. The molecule has 0 bridgehead atoms. The van der Waals surface area contributed by atoms with Gasteiger partial charge in [0.2, 0.25) is 0 Å². The molecule has 3 heteroatoms. The number of rotatable bonds is 6. The number of aryl methyl sites for hydroxylation is 1. The van der Waals surface area contributed by atoms with Crippen LogP contribution in [0.15, 0.2) is 24.3 Å². The SMILES string of the molecule is Cc1ccc(CN(CCC(C)(C)C#N)C2CCNCC2)cc1. The lowest BCUT2D eigenvalue weighted by Crippen LogP contribution is -2.43. The number of benzene rings is 1. The van der Waals surface area contributed by atoms with Crippen molar-refractivity contribution in [1.82, 2.24) is 10.2 Å². The van der Waals surface area contributed by atoms with Gasteiger partial charge in [0.25, 0.3) is 0 Å². The molecule has 0 amide bonds. The van der Waals surface area contributed by atoms with Gasteiger partial charge >= 0.3 is 0 Å². The van der Waals surface area contributed by atoms with E-state index in [-0.39, 0.29) is 5.41 Å². The Morgan fingerprint density at radius 2 is 1.86 bits per heavy atom. The maximum atomic E-state index is 9.26. The zero-order valence-corrected chi connectivity index (χ0v) is 14.2. The zero-order chi connectivity index (χ0) is 16.0. The van der Waals surface area contributed by atoms with Gasteiger partial charge in [-0.3, -0.25) is 4.90 Å². The molecule has 1 N–H and O–H groups in total. The second kappa shape index (κ2) is 7.76. The summed E-state index contributed by atoms with van der Waals surface area (Å²) in [7, 11) is 0. The Hall–Kier alpha value is -1.37. The van der Waals surface area contributed by atoms with E-state index in [1.54, 1.807) is 0 Å². The van der Waals surface area contributed by atoms with Crippen LogP contribution in [0.3, 0.4) is 0 Å². The number of nitrogens with zero attached hydrogens (tertiary/aromatic N) is 2. The minimum atomic E-state index is -0.238. The monoisotopic (exact) mass is 299 g/mol. The molecule has 0 atom stereocenters. The Morgan fingerprint density at radius 3 is 2.45 bits per heavy atom.